The van der Waals surface area contributed by atoms with E-state index in [9.17, 15) is 19.7 Å². The largest absolute Gasteiger partial charge is 0.352 e. The maximum Gasteiger partial charge on any atom is 0.270 e. The summed E-state index contributed by atoms with van der Waals surface area (Å²) >= 11 is 5.96. The van der Waals surface area contributed by atoms with Gasteiger partial charge in [0.2, 0.25) is 0 Å². The first-order valence-corrected chi connectivity index (χ1v) is 8.57. The van der Waals surface area contributed by atoms with Gasteiger partial charge in [-0.15, -0.1) is 0 Å². The van der Waals surface area contributed by atoms with Crippen LogP contribution in [0.25, 0.3) is 10.9 Å². The highest BCUT2D eigenvalue weighted by Gasteiger charge is 2.15. The maximum absolute atomic E-state index is 12.3. The number of amides is 1. The fraction of sp³-hybridized carbons (Fsp3) is 0.158. The Bertz CT molecular complexity index is 1110. The number of nitro groups is 1. The number of aryl methyl sites for hydroxylation is 1. The third kappa shape index (κ3) is 4.15. The van der Waals surface area contributed by atoms with Crippen molar-refractivity contribution in [3.63, 3.8) is 0 Å². The van der Waals surface area contributed by atoms with Crippen molar-refractivity contribution in [1.29, 1.82) is 0 Å². The van der Waals surface area contributed by atoms with E-state index in [1.807, 2.05) is 25.1 Å². The topological polar surface area (TPSA) is 105 Å². The van der Waals surface area contributed by atoms with Crippen molar-refractivity contribution in [2.24, 2.45) is 0 Å². The molecule has 7 nitrogen and oxygen atoms in total. The van der Waals surface area contributed by atoms with Gasteiger partial charge in [0.25, 0.3) is 17.2 Å². The van der Waals surface area contributed by atoms with Crippen molar-refractivity contribution < 1.29 is 9.72 Å². The number of pyridine rings is 1. The molecule has 0 unspecified atom stereocenters. The summed E-state index contributed by atoms with van der Waals surface area (Å²) in [5.74, 6) is -0.531. The third-order valence-corrected chi connectivity index (χ3v) is 4.49. The van der Waals surface area contributed by atoms with Crippen molar-refractivity contribution in [1.82, 2.24) is 10.3 Å². The van der Waals surface area contributed by atoms with Crippen LogP contribution in [0.2, 0.25) is 5.02 Å². The molecule has 0 spiro atoms. The van der Waals surface area contributed by atoms with Crippen molar-refractivity contribution in [2.45, 2.75) is 13.3 Å². The molecule has 2 N–H and O–H groups in total. The number of carbonyl (C=O) groups excluding carboxylic acids is 1. The molecule has 0 aliphatic carbocycles. The van der Waals surface area contributed by atoms with Gasteiger partial charge in [0, 0.05) is 29.8 Å². The van der Waals surface area contributed by atoms with Crippen LogP contribution >= 0.6 is 11.6 Å². The smallest absolute Gasteiger partial charge is 0.270 e. The summed E-state index contributed by atoms with van der Waals surface area (Å²) in [5, 5.41) is 14.5. The summed E-state index contributed by atoms with van der Waals surface area (Å²) in [4.78, 5) is 37.5. The van der Waals surface area contributed by atoms with Gasteiger partial charge in [-0.05, 0) is 42.5 Å². The Morgan fingerprint density at radius 1 is 1.22 bits per heavy atom. The van der Waals surface area contributed by atoms with Crippen LogP contribution in [-0.4, -0.2) is 22.4 Å². The minimum atomic E-state index is -0.594. The molecule has 0 aliphatic rings. The maximum atomic E-state index is 12.3. The third-order valence-electron chi connectivity index (χ3n) is 4.16. The van der Waals surface area contributed by atoms with Gasteiger partial charge in [-0.25, -0.2) is 0 Å². The predicted molar refractivity (Wildman–Crippen MR) is 103 cm³/mol. The fourth-order valence-electron chi connectivity index (χ4n) is 2.75. The first kappa shape index (κ1) is 18.6. The Balaban J connectivity index is 1.72. The fourth-order valence-corrected chi connectivity index (χ4v) is 2.96. The van der Waals surface area contributed by atoms with Gasteiger partial charge in [0.1, 0.15) is 0 Å². The highest BCUT2D eigenvalue weighted by Crippen LogP contribution is 2.22. The van der Waals surface area contributed by atoms with Gasteiger partial charge < -0.3 is 10.3 Å². The molecule has 0 fully saturated rings. The van der Waals surface area contributed by atoms with Gasteiger partial charge in [-0.2, -0.15) is 0 Å². The number of nitro benzene ring substituents is 1. The second-order valence-electron chi connectivity index (χ2n) is 6.14. The van der Waals surface area contributed by atoms with E-state index in [0.717, 1.165) is 22.5 Å². The van der Waals surface area contributed by atoms with E-state index in [2.05, 4.69) is 10.3 Å². The Morgan fingerprint density at radius 3 is 2.74 bits per heavy atom. The normalized spacial score (nSPS) is 10.7. The van der Waals surface area contributed by atoms with Crippen LogP contribution in [0.5, 0.6) is 0 Å². The highest BCUT2D eigenvalue weighted by molar-refractivity contribution is 6.33. The molecule has 1 heterocycles. The van der Waals surface area contributed by atoms with E-state index in [-0.39, 0.29) is 28.4 Å². The number of H-pyrrole nitrogens is 1. The van der Waals surface area contributed by atoms with Crippen molar-refractivity contribution in [2.75, 3.05) is 6.54 Å². The Labute approximate surface area is 159 Å². The van der Waals surface area contributed by atoms with Gasteiger partial charge in [0.05, 0.1) is 15.5 Å². The molecular weight excluding hydrogens is 370 g/mol. The molecule has 3 aromatic rings. The zero-order chi connectivity index (χ0) is 19.6. The van der Waals surface area contributed by atoms with Crippen LogP contribution in [0, 0.1) is 17.0 Å². The number of hydrogen-bond donors (Lipinski definition) is 2. The van der Waals surface area contributed by atoms with E-state index >= 15 is 0 Å². The first-order valence-electron chi connectivity index (χ1n) is 8.20. The monoisotopic (exact) mass is 385 g/mol. The summed E-state index contributed by atoms with van der Waals surface area (Å²) in [5.41, 5.74) is 1.94. The number of rotatable bonds is 5. The number of non-ortho nitro benzene ring substituents is 1. The molecule has 3 rings (SSSR count). The molecule has 0 atom stereocenters. The number of aromatic amines is 1. The number of nitrogens with zero attached hydrogens (tertiary/aromatic N) is 1. The van der Waals surface area contributed by atoms with Crippen LogP contribution in [0.15, 0.2) is 47.3 Å². The Hall–Kier alpha value is -3.19. The van der Waals surface area contributed by atoms with Crippen LogP contribution in [0.1, 0.15) is 21.5 Å². The van der Waals surface area contributed by atoms with Crippen molar-refractivity contribution in [3.05, 3.63) is 84.6 Å². The number of nitrogens with one attached hydrogen (secondary N) is 2. The number of aromatic nitrogens is 1. The van der Waals surface area contributed by atoms with E-state index in [0.29, 0.717) is 12.0 Å². The van der Waals surface area contributed by atoms with Gasteiger partial charge >= 0.3 is 0 Å². The Morgan fingerprint density at radius 2 is 2.00 bits per heavy atom. The van der Waals surface area contributed by atoms with Crippen LogP contribution in [-0.2, 0) is 6.42 Å². The second-order valence-corrected chi connectivity index (χ2v) is 6.55. The highest BCUT2D eigenvalue weighted by atomic mass is 35.5. The summed E-state index contributed by atoms with van der Waals surface area (Å²) < 4.78 is 0. The average molecular weight is 386 g/mol. The number of halogens is 1. The lowest BCUT2D eigenvalue weighted by molar-refractivity contribution is -0.384. The van der Waals surface area contributed by atoms with Crippen molar-refractivity contribution in [3.8, 4) is 0 Å². The molecule has 27 heavy (non-hydrogen) atoms. The van der Waals surface area contributed by atoms with Gasteiger partial charge in [-0.1, -0.05) is 23.7 Å². The minimum absolute atomic E-state index is 0.0220. The molecule has 8 heteroatoms. The summed E-state index contributed by atoms with van der Waals surface area (Å²) in [6.07, 6.45) is 0.317. The van der Waals surface area contributed by atoms with Crippen molar-refractivity contribution >= 4 is 34.1 Å². The average Bonchev–Trinajstić information content (AvgIpc) is 2.62. The molecule has 0 saturated carbocycles. The molecule has 1 aromatic heterocycles. The molecule has 0 saturated heterocycles. The molecule has 2 aromatic carbocycles. The second kappa shape index (κ2) is 7.59. The Kier molecular flexibility index (Phi) is 5.23. The predicted octanol–water partition coefficient (Wildman–Crippen LogP) is 3.37. The van der Waals surface area contributed by atoms with Crippen LogP contribution < -0.4 is 10.9 Å². The lowest BCUT2D eigenvalue weighted by atomic mass is 10.1. The summed E-state index contributed by atoms with van der Waals surface area (Å²) in [6, 6.07) is 11.2. The van der Waals surface area contributed by atoms with Crippen LogP contribution in [0.3, 0.4) is 0 Å². The number of benzene rings is 2. The number of hydrogen-bond acceptors (Lipinski definition) is 4. The molecular formula is C19H16ClN3O4. The summed E-state index contributed by atoms with van der Waals surface area (Å²) in [6.45, 7) is 2.14. The van der Waals surface area contributed by atoms with E-state index in [1.54, 1.807) is 6.07 Å². The SMILES string of the molecule is Cc1ccc2cc(CCNC(=O)c3cc([N+](=O)[O-])ccc3Cl)c(=O)[nH]c2c1. The van der Waals surface area contributed by atoms with Gasteiger partial charge in [-0.3, -0.25) is 19.7 Å². The number of carbonyl (C=O) groups is 1. The quantitative estimate of drug-likeness (QED) is 0.518. The first-order chi connectivity index (χ1) is 12.8. The molecule has 138 valence electrons. The van der Waals surface area contributed by atoms with Crippen LogP contribution in [0.4, 0.5) is 5.69 Å². The molecule has 0 aliphatic heterocycles. The number of fused-ring (bicyclic) bond motifs is 1. The molecule has 0 bridgehead atoms. The zero-order valence-corrected chi connectivity index (χ0v) is 15.2. The van der Waals surface area contributed by atoms with Gasteiger partial charge in [0.15, 0.2) is 0 Å². The standard InChI is InChI=1S/C19H16ClN3O4/c1-11-2-3-12-9-13(18(24)22-17(12)8-11)6-7-21-19(25)15-10-14(23(26)27)4-5-16(15)20/h2-5,8-10H,6-7H2,1H3,(H,21,25)(H,22,24). The van der Waals surface area contributed by atoms with E-state index < -0.39 is 10.8 Å². The lowest BCUT2D eigenvalue weighted by Gasteiger charge is -2.08. The zero-order valence-electron chi connectivity index (χ0n) is 14.4. The minimum Gasteiger partial charge on any atom is -0.352 e. The summed E-state index contributed by atoms with van der Waals surface area (Å²) in [7, 11) is 0. The molecule has 0 radical (unpaired) electrons. The lowest BCUT2D eigenvalue weighted by Crippen LogP contribution is -2.27. The van der Waals surface area contributed by atoms with E-state index in [1.165, 1.54) is 12.1 Å². The van der Waals surface area contributed by atoms with E-state index in [4.69, 9.17) is 11.6 Å². The molecule has 1 amide bonds.